The van der Waals surface area contributed by atoms with Crippen molar-refractivity contribution >= 4 is 17.6 Å². The number of nitrogens with one attached hydrogen (secondary N) is 1. The summed E-state index contributed by atoms with van der Waals surface area (Å²) in [5.41, 5.74) is 2.74. The van der Waals surface area contributed by atoms with E-state index in [2.05, 4.69) is 11.4 Å². The third-order valence-corrected chi connectivity index (χ3v) is 4.08. The van der Waals surface area contributed by atoms with Crippen molar-refractivity contribution in [2.75, 3.05) is 5.32 Å². The first-order valence-electron chi connectivity index (χ1n) is 8.80. The van der Waals surface area contributed by atoms with Crippen molar-refractivity contribution in [3.63, 3.8) is 0 Å². The molecule has 0 spiro atoms. The predicted octanol–water partition coefficient (Wildman–Crippen LogP) is 4.35. The Morgan fingerprint density at radius 3 is 2.21 bits per heavy atom. The van der Waals surface area contributed by atoms with Gasteiger partial charge in [-0.1, -0.05) is 30.3 Å². The molecule has 0 bridgehead atoms. The van der Waals surface area contributed by atoms with Crippen molar-refractivity contribution in [3.05, 3.63) is 95.6 Å². The van der Waals surface area contributed by atoms with Crippen molar-refractivity contribution in [2.24, 2.45) is 0 Å². The minimum Gasteiger partial charge on any atom is -0.427 e. The molecule has 3 aromatic carbocycles. The van der Waals surface area contributed by atoms with Crippen LogP contribution < -0.4 is 10.1 Å². The van der Waals surface area contributed by atoms with Gasteiger partial charge in [0.15, 0.2) is 0 Å². The smallest absolute Gasteiger partial charge is 0.311 e. The molecule has 0 heterocycles. The van der Waals surface area contributed by atoms with Crippen molar-refractivity contribution in [3.8, 4) is 11.8 Å². The fourth-order valence-corrected chi connectivity index (χ4v) is 2.57. The van der Waals surface area contributed by atoms with Crippen LogP contribution in [0.4, 0.5) is 5.69 Å². The van der Waals surface area contributed by atoms with Crippen molar-refractivity contribution in [1.82, 2.24) is 0 Å². The number of nitrogens with zero attached hydrogens (tertiary/aromatic N) is 1. The second-order valence-corrected chi connectivity index (χ2v) is 6.13. The molecule has 138 valence electrons. The van der Waals surface area contributed by atoms with E-state index in [1.54, 1.807) is 60.7 Å². The Kier molecular flexibility index (Phi) is 6.17. The Hall–Kier alpha value is -3.91. The summed E-state index contributed by atoms with van der Waals surface area (Å²) < 4.78 is 5.32. The number of carbonyl (C=O) groups excluding carboxylic acids is 2. The fraction of sp³-hybridized carbons (Fsp3) is 0.0870. The number of ether oxygens (including phenoxy) is 1. The average molecular weight is 370 g/mol. The molecular formula is C23H18N2O3. The topological polar surface area (TPSA) is 79.2 Å². The summed E-state index contributed by atoms with van der Waals surface area (Å²) in [5, 5.41) is 11.6. The van der Waals surface area contributed by atoms with Gasteiger partial charge in [-0.25, -0.2) is 0 Å². The maximum absolute atomic E-state index is 12.1. The fourth-order valence-electron chi connectivity index (χ4n) is 2.57. The van der Waals surface area contributed by atoms with Crippen LogP contribution in [-0.4, -0.2) is 11.9 Å². The summed E-state index contributed by atoms with van der Waals surface area (Å²) in [6.45, 7) is 0. The van der Waals surface area contributed by atoms with Gasteiger partial charge in [0, 0.05) is 17.7 Å². The van der Waals surface area contributed by atoms with Gasteiger partial charge in [0.25, 0.3) is 5.91 Å². The number of hydrogen-bond acceptors (Lipinski definition) is 4. The van der Waals surface area contributed by atoms with Gasteiger partial charge in [0.05, 0.1) is 11.6 Å². The van der Waals surface area contributed by atoms with Gasteiger partial charge in [0.1, 0.15) is 5.75 Å². The molecule has 3 rings (SSSR count). The van der Waals surface area contributed by atoms with Crippen LogP contribution in [0.15, 0.2) is 78.9 Å². The average Bonchev–Trinajstić information content (AvgIpc) is 2.74. The van der Waals surface area contributed by atoms with E-state index < -0.39 is 0 Å². The first-order valence-corrected chi connectivity index (χ1v) is 8.80. The highest BCUT2D eigenvalue weighted by molar-refractivity contribution is 6.04. The number of esters is 1. The molecule has 0 aliphatic rings. The van der Waals surface area contributed by atoms with Gasteiger partial charge in [-0.2, -0.15) is 5.26 Å². The zero-order valence-electron chi connectivity index (χ0n) is 15.1. The van der Waals surface area contributed by atoms with Gasteiger partial charge < -0.3 is 10.1 Å². The Bertz CT molecular complexity index is 989. The number of carbonyl (C=O) groups is 2. The van der Waals surface area contributed by atoms with E-state index in [-0.39, 0.29) is 18.3 Å². The lowest BCUT2D eigenvalue weighted by Gasteiger charge is -2.08. The highest BCUT2D eigenvalue weighted by atomic mass is 16.5. The van der Waals surface area contributed by atoms with Crippen LogP contribution in [0.1, 0.15) is 27.9 Å². The van der Waals surface area contributed by atoms with Gasteiger partial charge in [-0.15, -0.1) is 0 Å². The van der Waals surface area contributed by atoms with Crippen molar-refractivity contribution in [1.29, 1.82) is 5.26 Å². The summed E-state index contributed by atoms with van der Waals surface area (Å²) >= 11 is 0. The molecule has 5 heteroatoms. The zero-order chi connectivity index (χ0) is 19.8. The van der Waals surface area contributed by atoms with Crippen LogP contribution in [0.3, 0.4) is 0 Å². The van der Waals surface area contributed by atoms with Crippen LogP contribution in [0.2, 0.25) is 0 Å². The summed E-state index contributed by atoms with van der Waals surface area (Å²) in [7, 11) is 0. The maximum Gasteiger partial charge on any atom is 0.311 e. The lowest BCUT2D eigenvalue weighted by molar-refractivity contribution is -0.134. The SMILES string of the molecule is N#Cc1ccc(CCC(=O)Oc2ccc(NC(=O)c3ccccc3)cc2)cc1. The number of anilines is 1. The molecule has 0 fully saturated rings. The van der Waals surface area contributed by atoms with E-state index in [9.17, 15) is 9.59 Å². The van der Waals surface area contributed by atoms with E-state index in [1.807, 2.05) is 18.2 Å². The van der Waals surface area contributed by atoms with Crippen LogP contribution in [0.25, 0.3) is 0 Å². The highest BCUT2D eigenvalue weighted by Gasteiger charge is 2.08. The molecule has 0 aliphatic heterocycles. The van der Waals surface area contributed by atoms with E-state index in [4.69, 9.17) is 10.00 Å². The molecule has 0 aliphatic carbocycles. The third-order valence-electron chi connectivity index (χ3n) is 4.08. The second kappa shape index (κ2) is 9.15. The lowest BCUT2D eigenvalue weighted by atomic mass is 10.1. The summed E-state index contributed by atoms with van der Waals surface area (Å²) in [5.74, 6) is -0.124. The summed E-state index contributed by atoms with van der Waals surface area (Å²) in [6, 6.07) is 24.7. The Morgan fingerprint density at radius 2 is 1.57 bits per heavy atom. The zero-order valence-corrected chi connectivity index (χ0v) is 15.1. The number of hydrogen-bond donors (Lipinski definition) is 1. The standard InChI is InChI=1S/C23H18N2O3/c24-16-18-8-6-17(7-9-18)10-15-22(26)28-21-13-11-20(12-14-21)25-23(27)19-4-2-1-3-5-19/h1-9,11-14H,10,15H2,(H,25,27). The van der Waals surface area contributed by atoms with Gasteiger partial charge in [-0.05, 0) is 60.5 Å². The Morgan fingerprint density at radius 1 is 0.893 bits per heavy atom. The quantitative estimate of drug-likeness (QED) is 0.517. The van der Waals surface area contributed by atoms with Crippen LogP contribution in [-0.2, 0) is 11.2 Å². The monoisotopic (exact) mass is 370 g/mol. The minimum atomic E-state index is -0.342. The normalized spacial score (nSPS) is 9.96. The van der Waals surface area contributed by atoms with E-state index >= 15 is 0 Å². The van der Waals surface area contributed by atoms with E-state index in [0.717, 1.165) is 5.56 Å². The summed E-state index contributed by atoms with van der Waals surface area (Å²) in [6.07, 6.45) is 0.772. The number of benzene rings is 3. The van der Waals surface area contributed by atoms with Crippen molar-refractivity contribution in [2.45, 2.75) is 12.8 Å². The van der Waals surface area contributed by atoms with Crippen LogP contribution in [0.5, 0.6) is 5.75 Å². The van der Waals surface area contributed by atoms with E-state index in [0.29, 0.717) is 29.0 Å². The Labute approximate surface area is 163 Å². The number of rotatable bonds is 6. The lowest BCUT2D eigenvalue weighted by Crippen LogP contribution is -2.12. The first kappa shape index (κ1) is 18.9. The molecule has 5 nitrogen and oxygen atoms in total. The summed E-state index contributed by atoms with van der Waals surface area (Å²) in [4.78, 5) is 24.1. The molecule has 0 saturated heterocycles. The van der Waals surface area contributed by atoms with Gasteiger partial charge >= 0.3 is 5.97 Å². The molecule has 28 heavy (non-hydrogen) atoms. The van der Waals surface area contributed by atoms with Gasteiger partial charge in [-0.3, -0.25) is 9.59 Å². The molecule has 1 amide bonds. The number of aryl methyl sites for hydroxylation is 1. The number of amides is 1. The number of nitriles is 1. The molecule has 0 saturated carbocycles. The second-order valence-electron chi connectivity index (χ2n) is 6.13. The Balaban J connectivity index is 1.50. The highest BCUT2D eigenvalue weighted by Crippen LogP contribution is 2.17. The van der Waals surface area contributed by atoms with Crippen LogP contribution >= 0.6 is 0 Å². The molecule has 0 unspecified atom stereocenters. The minimum absolute atomic E-state index is 0.201. The molecule has 1 N–H and O–H groups in total. The van der Waals surface area contributed by atoms with Crippen LogP contribution in [0, 0.1) is 11.3 Å². The molecule has 0 radical (unpaired) electrons. The third kappa shape index (κ3) is 5.29. The molecular weight excluding hydrogens is 352 g/mol. The van der Waals surface area contributed by atoms with Crippen molar-refractivity contribution < 1.29 is 14.3 Å². The maximum atomic E-state index is 12.1. The largest absolute Gasteiger partial charge is 0.427 e. The predicted molar refractivity (Wildman–Crippen MR) is 106 cm³/mol. The van der Waals surface area contributed by atoms with Gasteiger partial charge in [0.2, 0.25) is 0 Å². The first-order chi connectivity index (χ1) is 13.6. The molecule has 3 aromatic rings. The van der Waals surface area contributed by atoms with E-state index in [1.165, 1.54) is 0 Å². The molecule has 0 aromatic heterocycles. The molecule has 0 atom stereocenters.